The molecule has 3 aliphatic rings. The molecule has 3 fully saturated rings. The number of hydrogen-bond acceptors (Lipinski definition) is 18. The minimum absolute atomic E-state index is 0.238. The number of carbonyl (C=O) groups is 1. The molecule has 73 heavy (non-hydrogen) atoms. The Hall–Kier alpha value is -1.99. The number of allylic oxidation sites excluding steroid dienone is 5. The number of nitrogens with one attached hydrogen (secondary N) is 1. The van der Waals surface area contributed by atoms with Gasteiger partial charge in [-0.15, -0.1) is 0 Å². The van der Waals surface area contributed by atoms with Crippen LogP contribution in [0.3, 0.4) is 0 Å². The molecule has 0 spiro atoms. The number of ether oxygens (including phenoxy) is 6. The number of rotatable bonds is 39. The smallest absolute Gasteiger partial charge is 0.220 e. The first-order chi connectivity index (χ1) is 35.3. The molecular weight excluding hydrogens is 951 g/mol. The summed E-state index contributed by atoms with van der Waals surface area (Å²) in [5.74, 6) is -0.285. The van der Waals surface area contributed by atoms with Gasteiger partial charge >= 0.3 is 0 Å². The molecule has 12 N–H and O–H groups in total. The lowest BCUT2D eigenvalue weighted by atomic mass is 9.96. The van der Waals surface area contributed by atoms with Crippen molar-refractivity contribution in [3.8, 4) is 0 Å². The van der Waals surface area contributed by atoms with E-state index in [4.69, 9.17) is 28.4 Å². The average Bonchev–Trinajstić information content (AvgIpc) is 3.39. The fraction of sp³-hybridized carbons (Fsp3) is 0.870. The Morgan fingerprint density at radius 1 is 0.493 bits per heavy atom. The van der Waals surface area contributed by atoms with Crippen molar-refractivity contribution in [1.29, 1.82) is 0 Å². The second-order valence-electron chi connectivity index (χ2n) is 20.0. The maximum atomic E-state index is 13.2. The Morgan fingerprint density at radius 2 is 0.904 bits per heavy atom. The van der Waals surface area contributed by atoms with Crippen LogP contribution in [0, 0.1) is 0 Å². The lowest BCUT2D eigenvalue weighted by Gasteiger charge is -2.48. The molecule has 3 aliphatic heterocycles. The van der Waals surface area contributed by atoms with Gasteiger partial charge in [0, 0.05) is 6.42 Å². The zero-order valence-electron chi connectivity index (χ0n) is 43.9. The third-order valence-electron chi connectivity index (χ3n) is 13.9. The molecule has 17 unspecified atom stereocenters. The first-order valence-electron chi connectivity index (χ1n) is 27.7. The van der Waals surface area contributed by atoms with Crippen LogP contribution in [0.25, 0.3) is 0 Å². The maximum Gasteiger partial charge on any atom is 0.220 e. The van der Waals surface area contributed by atoms with E-state index in [1.807, 2.05) is 6.08 Å². The minimum atomic E-state index is -1.98. The Balaban J connectivity index is 1.50. The normalized spacial score (nSPS) is 32.0. The predicted molar refractivity (Wildman–Crippen MR) is 272 cm³/mol. The molecule has 0 aliphatic carbocycles. The van der Waals surface area contributed by atoms with E-state index < -0.39 is 124 Å². The predicted octanol–water partition coefficient (Wildman–Crippen LogP) is 3.37. The van der Waals surface area contributed by atoms with Crippen molar-refractivity contribution in [2.75, 3.05) is 26.4 Å². The van der Waals surface area contributed by atoms with Gasteiger partial charge in [-0.1, -0.05) is 147 Å². The maximum absolute atomic E-state index is 13.2. The Kier molecular flexibility index (Phi) is 34.5. The highest BCUT2D eigenvalue weighted by Crippen LogP contribution is 2.33. The van der Waals surface area contributed by atoms with E-state index in [0.717, 1.165) is 64.2 Å². The molecule has 0 aromatic rings. The summed E-state index contributed by atoms with van der Waals surface area (Å²) in [4.78, 5) is 13.2. The van der Waals surface area contributed by atoms with E-state index in [1.54, 1.807) is 6.08 Å². The van der Waals surface area contributed by atoms with Crippen molar-refractivity contribution < 1.29 is 89.4 Å². The molecule has 0 saturated carbocycles. The lowest BCUT2D eigenvalue weighted by Crippen LogP contribution is -2.66. The Bertz CT molecular complexity index is 1490. The van der Waals surface area contributed by atoms with Gasteiger partial charge in [0.25, 0.3) is 0 Å². The summed E-state index contributed by atoms with van der Waals surface area (Å²) in [6.07, 6.45) is 11.5. The topological polar surface area (TPSA) is 307 Å². The van der Waals surface area contributed by atoms with Crippen molar-refractivity contribution in [3.63, 3.8) is 0 Å². The molecule has 19 heteroatoms. The molecule has 426 valence electrons. The summed E-state index contributed by atoms with van der Waals surface area (Å²) in [7, 11) is 0. The molecule has 17 atom stereocenters. The van der Waals surface area contributed by atoms with Gasteiger partial charge in [-0.3, -0.25) is 4.79 Å². The molecule has 3 saturated heterocycles. The van der Waals surface area contributed by atoms with Gasteiger partial charge in [0.2, 0.25) is 5.91 Å². The van der Waals surface area contributed by atoms with Gasteiger partial charge in [-0.25, -0.2) is 0 Å². The second kappa shape index (κ2) is 38.5. The zero-order chi connectivity index (χ0) is 53.4. The van der Waals surface area contributed by atoms with Crippen LogP contribution in [0.5, 0.6) is 0 Å². The standard InChI is InChI=1S/C54H97NO18/c1-3-5-7-9-11-13-14-15-16-17-18-19-20-21-22-24-26-28-30-32-42(60)55-37(38(59)31-29-27-25-23-12-10-8-6-4-2)36-68-52-48(66)45(63)50(40(34-57)70-52)73-54-49(67)46(64)51(41(35-58)71-54)72-53-47(65)44(62)43(61)39(33-56)69-53/h11,13,15-16,29,31,37-41,43-54,56-59,61-67H,3-10,12,14,17-28,30,32-36H2,1-2H3,(H,55,60)/b13-11-,16-15-,31-29+. The lowest BCUT2D eigenvalue weighted by molar-refractivity contribution is -0.379. The number of aliphatic hydroxyl groups is 11. The van der Waals surface area contributed by atoms with Crippen molar-refractivity contribution in [2.45, 2.75) is 272 Å². The molecule has 3 heterocycles. The number of hydrogen-bond donors (Lipinski definition) is 12. The van der Waals surface area contributed by atoms with Crippen LogP contribution in [0.2, 0.25) is 0 Å². The number of unbranched alkanes of at least 4 members (excludes halogenated alkanes) is 19. The highest BCUT2D eigenvalue weighted by atomic mass is 16.8. The largest absolute Gasteiger partial charge is 0.394 e. The first kappa shape index (κ1) is 65.3. The summed E-state index contributed by atoms with van der Waals surface area (Å²) >= 11 is 0. The zero-order valence-corrected chi connectivity index (χ0v) is 43.9. The molecule has 19 nitrogen and oxygen atoms in total. The SMILES string of the molecule is CCCCC/C=C\C/C=C\CCCCCCCCCCCC(=O)NC(COC1OC(CO)C(OC2OC(CO)C(OC3OC(CO)C(O)C(O)C3O)C(O)C2O)C(O)C1O)C(O)/C=C/CCCCCCCCC. The molecule has 0 radical (unpaired) electrons. The highest BCUT2D eigenvalue weighted by molar-refractivity contribution is 5.76. The first-order valence-corrected chi connectivity index (χ1v) is 27.7. The number of carbonyl (C=O) groups excluding carboxylic acids is 1. The molecule has 1 amide bonds. The third kappa shape index (κ3) is 23.7. The summed E-state index contributed by atoms with van der Waals surface area (Å²) in [5.41, 5.74) is 0. The minimum Gasteiger partial charge on any atom is -0.394 e. The second-order valence-corrected chi connectivity index (χ2v) is 20.0. The van der Waals surface area contributed by atoms with Crippen molar-refractivity contribution >= 4 is 5.91 Å². The van der Waals surface area contributed by atoms with Crippen LogP contribution in [0.1, 0.15) is 168 Å². The fourth-order valence-electron chi connectivity index (χ4n) is 9.28. The number of amides is 1. The van der Waals surface area contributed by atoms with Crippen molar-refractivity contribution in [2.24, 2.45) is 0 Å². The van der Waals surface area contributed by atoms with Crippen molar-refractivity contribution in [1.82, 2.24) is 5.32 Å². The van der Waals surface area contributed by atoms with Crippen LogP contribution in [0.4, 0.5) is 0 Å². The summed E-state index contributed by atoms with van der Waals surface area (Å²) < 4.78 is 34.1. The summed E-state index contributed by atoms with van der Waals surface area (Å²) in [6, 6.07) is -0.972. The van der Waals surface area contributed by atoms with Gasteiger partial charge in [-0.05, 0) is 51.4 Å². The fourth-order valence-corrected chi connectivity index (χ4v) is 9.28. The highest BCUT2D eigenvalue weighted by Gasteiger charge is 2.53. The van der Waals surface area contributed by atoms with Crippen LogP contribution < -0.4 is 5.32 Å². The van der Waals surface area contributed by atoms with E-state index >= 15 is 0 Å². The Morgan fingerprint density at radius 3 is 1.42 bits per heavy atom. The van der Waals surface area contributed by atoms with Crippen LogP contribution in [-0.4, -0.2) is 193 Å². The molecule has 0 aromatic carbocycles. The molecule has 0 bridgehead atoms. The van der Waals surface area contributed by atoms with E-state index in [9.17, 15) is 61.0 Å². The van der Waals surface area contributed by atoms with E-state index in [2.05, 4.69) is 43.5 Å². The van der Waals surface area contributed by atoms with Crippen LogP contribution in [0.15, 0.2) is 36.5 Å². The van der Waals surface area contributed by atoms with Crippen LogP contribution in [-0.2, 0) is 33.2 Å². The average molecular weight is 1050 g/mol. The van der Waals surface area contributed by atoms with Gasteiger partial charge in [0.15, 0.2) is 18.9 Å². The van der Waals surface area contributed by atoms with Gasteiger partial charge in [0.1, 0.15) is 73.2 Å². The Labute approximate surface area is 434 Å². The monoisotopic (exact) mass is 1050 g/mol. The van der Waals surface area contributed by atoms with Gasteiger partial charge in [0.05, 0.1) is 38.6 Å². The molecule has 3 rings (SSSR count). The third-order valence-corrected chi connectivity index (χ3v) is 13.9. The quantitative estimate of drug-likeness (QED) is 0.0310. The van der Waals surface area contributed by atoms with Crippen LogP contribution >= 0.6 is 0 Å². The summed E-state index contributed by atoms with van der Waals surface area (Å²) in [5, 5.41) is 120. The van der Waals surface area contributed by atoms with E-state index in [1.165, 1.54) is 77.0 Å². The van der Waals surface area contributed by atoms with E-state index in [-0.39, 0.29) is 18.9 Å². The molecular formula is C54H97NO18. The van der Waals surface area contributed by atoms with E-state index in [0.29, 0.717) is 6.42 Å². The number of aliphatic hydroxyl groups excluding tert-OH is 11. The van der Waals surface area contributed by atoms with Gasteiger partial charge in [-0.2, -0.15) is 0 Å². The summed E-state index contributed by atoms with van der Waals surface area (Å²) in [6.45, 7) is 1.63. The molecule has 0 aromatic heterocycles. The van der Waals surface area contributed by atoms with Crippen molar-refractivity contribution in [3.05, 3.63) is 36.5 Å². The van der Waals surface area contributed by atoms with Gasteiger partial charge < -0.3 is 89.9 Å².